The first-order valence-electron chi connectivity index (χ1n) is 4.53. The Balaban J connectivity index is 2.29. The molecule has 2 nitrogen and oxygen atoms in total. The molecule has 0 atom stereocenters. The van der Waals surface area contributed by atoms with Crippen LogP contribution in [0.3, 0.4) is 0 Å². The summed E-state index contributed by atoms with van der Waals surface area (Å²) in [7, 11) is 0. The van der Waals surface area contributed by atoms with Gasteiger partial charge in [0.05, 0.1) is 15.8 Å². The zero-order chi connectivity index (χ0) is 10.3. The molecule has 0 saturated heterocycles. The molecule has 1 aliphatic carbocycles. The third-order valence-electron chi connectivity index (χ3n) is 2.53. The van der Waals surface area contributed by atoms with E-state index in [1.165, 1.54) is 6.07 Å². The maximum Gasteiger partial charge on any atom is 0.139 e. The highest BCUT2D eigenvalue weighted by atomic mass is 79.9. The maximum atomic E-state index is 13.2. The second-order valence-corrected chi connectivity index (χ2v) is 4.89. The Bertz CT molecular complexity index is 375. The molecule has 0 aromatic heterocycles. The summed E-state index contributed by atoms with van der Waals surface area (Å²) in [5, 5.41) is 3.24. The number of anilines is 2. The molecule has 0 aliphatic heterocycles. The van der Waals surface area contributed by atoms with Crippen LogP contribution in [0.25, 0.3) is 0 Å². The molecule has 4 heteroatoms. The van der Waals surface area contributed by atoms with Gasteiger partial charge in [0.15, 0.2) is 0 Å². The van der Waals surface area contributed by atoms with Crippen molar-refractivity contribution in [1.82, 2.24) is 0 Å². The van der Waals surface area contributed by atoms with Crippen LogP contribution in [0.2, 0.25) is 0 Å². The van der Waals surface area contributed by atoms with Crippen molar-refractivity contribution in [2.45, 2.75) is 25.3 Å². The molecule has 1 aromatic rings. The van der Waals surface area contributed by atoms with Crippen LogP contribution in [-0.4, -0.2) is 5.54 Å². The largest absolute Gasteiger partial charge is 0.397 e. The molecule has 1 fully saturated rings. The van der Waals surface area contributed by atoms with E-state index < -0.39 is 0 Å². The van der Waals surface area contributed by atoms with Crippen molar-refractivity contribution in [2.24, 2.45) is 0 Å². The average molecular weight is 259 g/mol. The van der Waals surface area contributed by atoms with Crippen molar-refractivity contribution in [2.75, 3.05) is 11.1 Å². The Morgan fingerprint density at radius 2 is 2.14 bits per heavy atom. The summed E-state index contributed by atoms with van der Waals surface area (Å²) in [5.41, 5.74) is 7.15. The van der Waals surface area contributed by atoms with Crippen LogP contribution in [0.15, 0.2) is 16.6 Å². The second kappa shape index (κ2) is 3.12. The van der Waals surface area contributed by atoms with Crippen LogP contribution in [0.1, 0.15) is 19.8 Å². The number of halogens is 2. The molecule has 0 heterocycles. The van der Waals surface area contributed by atoms with Crippen molar-refractivity contribution < 1.29 is 4.39 Å². The van der Waals surface area contributed by atoms with Crippen LogP contribution in [-0.2, 0) is 0 Å². The molecule has 1 saturated carbocycles. The van der Waals surface area contributed by atoms with Gasteiger partial charge in [-0.1, -0.05) is 0 Å². The summed E-state index contributed by atoms with van der Waals surface area (Å²) in [6, 6.07) is 3.02. The third kappa shape index (κ3) is 1.85. The van der Waals surface area contributed by atoms with Crippen molar-refractivity contribution in [3.8, 4) is 0 Å². The van der Waals surface area contributed by atoms with Crippen LogP contribution in [0.4, 0.5) is 15.8 Å². The maximum absolute atomic E-state index is 13.2. The monoisotopic (exact) mass is 258 g/mol. The molecular weight excluding hydrogens is 247 g/mol. The number of hydrogen-bond donors (Lipinski definition) is 2. The van der Waals surface area contributed by atoms with Crippen LogP contribution in [0.5, 0.6) is 0 Å². The van der Waals surface area contributed by atoms with Gasteiger partial charge in [0.2, 0.25) is 0 Å². The van der Waals surface area contributed by atoms with E-state index in [0.29, 0.717) is 15.8 Å². The van der Waals surface area contributed by atoms with E-state index in [2.05, 4.69) is 28.2 Å². The predicted octanol–water partition coefficient (Wildman–Crippen LogP) is 3.13. The minimum atomic E-state index is -0.286. The number of nitrogens with two attached hydrogens (primary N) is 1. The average Bonchev–Trinajstić information content (AvgIpc) is 2.80. The first-order valence-corrected chi connectivity index (χ1v) is 5.32. The quantitative estimate of drug-likeness (QED) is 0.801. The molecule has 1 aromatic carbocycles. The lowest BCUT2D eigenvalue weighted by Gasteiger charge is -2.15. The van der Waals surface area contributed by atoms with Gasteiger partial charge < -0.3 is 11.1 Å². The van der Waals surface area contributed by atoms with Gasteiger partial charge in [-0.05, 0) is 41.8 Å². The van der Waals surface area contributed by atoms with E-state index in [1.807, 2.05) is 0 Å². The lowest BCUT2D eigenvalue weighted by Crippen LogP contribution is -2.17. The fourth-order valence-electron chi connectivity index (χ4n) is 1.31. The SMILES string of the molecule is CC1(Nc2cc(F)c(Br)cc2N)CC1. The summed E-state index contributed by atoms with van der Waals surface area (Å²) in [5.74, 6) is -0.286. The van der Waals surface area contributed by atoms with Crippen molar-refractivity contribution in [3.63, 3.8) is 0 Å². The van der Waals surface area contributed by atoms with Gasteiger partial charge in [0, 0.05) is 11.6 Å². The molecule has 0 amide bonds. The van der Waals surface area contributed by atoms with Gasteiger partial charge >= 0.3 is 0 Å². The lowest BCUT2D eigenvalue weighted by atomic mass is 10.2. The summed E-state index contributed by atoms with van der Waals surface area (Å²) in [6.07, 6.45) is 2.23. The van der Waals surface area contributed by atoms with E-state index in [9.17, 15) is 4.39 Å². The molecular formula is C10H12BrFN2. The molecule has 14 heavy (non-hydrogen) atoms. The summed E-state index contributed by atoms with van der Waals surface area (Å²) in [4.78, 5) is 0. The van der Waals surface area contributed by atoms with Gasteiger partial charge in [-0.2, -0.15) is 0 Å². The fourth-order valence-corrected chi connectivity index (χ4v) is 1.67. The Morgan fingerprint density at radius 3 is 2.71 bits per heavy atom. The minimum absolute atomic E-state index is 0.119. The highest BCUT2D eigenvalue weighted by Crippen LogP contribution is 2.40. The van der Waals surface area contributed by atoms with E-state index in [-0.39, 0.29) is 11.4 Å². The highest BCUT2D eigenvalue weighted by molar-refractivity contribution is 9.10. The van der Waals surface area contributed by atoms with Crippen molar-refractivity contribution in [3.05, 3.63) is 22.4 Å². The van der Waals surface area contributed by atoms with Crippen molar-refractivity contribution >= 4 is 27.3 Å². The number of rotatable bonds is 2. The molecule has 2 rings (SSSR count). The van der Waals surface area contributed by atoms with E-state index in [4.69, 9.17) is 5.73 Å². The fraction of sp³-hybridized carbons (Fsp3) is 0.400. The third-order valence-corrected chi connectivity index (χ3v) is 3.14. The predicted molar refractivity (Wildman–Crippen MR) is 59.8 cm³/mol. The second-order valence-electron chi connectivity index (χ2n) is 4.04. The summed E-state index contributed by atoms with van der Waals surface area (Å²) >= 11 is 3.09. The Hall–Kier alpha value is -0.770. The first-order chi connectivity index (χ1) is 6.50. The van der Waals surface area contributed by atoms with Crippen molar-refractivity contribution in [1.29, 1.82) is 0 Å². The molecule has 3 N–H and O–H groups in total. The normalized spacial score (nSPS) is 17.9. The summed E-state index contributed by atoms with van der Waals surface area (Å²) in [6.45, 7) is 2.10. The zero-order valence-corrected chi connectivity index (χ0v) is 9.49. The van der Waals surface area contributed by atoms with Gasteiger partial charge in [0.1, 0.15) is 5.82 Å². The zero-order valence-electron chi connectivity index (χ0n) is 7.90. The van der Waals surface area contributed by atoms with Gasteiger partial charge in [-0.25, -0.2) is 4.39 Å². The molecule has 0 bridgehead atoms. The number of nitrogen functional groups attached to an aromatic ring is 1. The molecule has 0 unspecified atom stereocenters. The Morgan fingerprint density at radius 1 is 1.50 bits per heavy atom. The van der Waals surface area contributed by atoms with E-state index >= 15 is 0 Å². The topological polar surface area (TPSA) is 38.0 Å². The molecule has 0 spiro atoms. The standard InChI is InChI=1S/C10H12BrFN2/c1-10(2-3-10)14-9-5-7(12)6(11)4-8(9)13/h4-5,14H,2-3,13H2,1H3. The molecule has 0 radical (unpaired) electrons. The van der Waals surface area contributed by atoms with Crippen LogP contribution in [0, 0.1) is 5.82 Å². The lowest BCUT2D eigenvalue weighted by molar-refractivity contribution is 0.621. The summed E-state index contributed by atoms with van der Waals surface area (Å²) < 4.78 is 13.6. The van der Waals surface area contributed by atoms with Gasteiger partial charge in [-0.15, -0.1) is 0 Å². The molecule has 76 valence electrons. The van der Waals surface area contributed by atoms with E-state index in [1.54, 1.807) is 6.07 Å². The molecule has 1 aliphatic rings. The minimum Gasteiger partial charge on any atom is -0.397 e. The number of benzene rings is 1. The van der Waals surface area contributed by atoms with Gasteiger partial charge in [0.25, 0.3) is 0 Å². The Labute approximate surface area is 90.8 Å². The first kappa shape index (κ1) is 9.77. The van der Waals surface area contributed by atoms with E-state index in [0.717, 1.165) is 12.8 Å². The number of hydrogen-bond acceptors (Lipinski definition) is 2. The van der Waals surface area contributed by atoms with Gasteiger partial charge in [-0.3, -0.25) is 0 Å². The van der Waals surface area contributed by atoms with Crippen LogP contribution < -0.4 is 11.1 Å². The number of nitrogens with one attached hydrogen (secondary N) is 1. The highest BCUT2D eigenvalue weighted by Gasteiger charge is 2.37. The Kier molecular flexibility index (Phi) is 2.18. The van der Waals surface area contributed by atoms with Crippen LogP contribution >= 0.6 is 15.9 Å². The smallest absolute Gasteiger partial charge is 0.139 e.